The molecule has 2 aromatic carbocycles. The number of hydrogen-bond donors (Lipinski definition) is 2. The number of hydrogen-bond acceptors (Lipinski definition) is 5. The van der Waals surface area contributed by atoms with E-state index < -0.39 is 5.97 Å². The van der Waals surface area contributed by atoms with Gasteiger partial charge in [-0.2, -0.15) is 0 Å². The number of rotatable bonds is 7. The molecule has 1 atom stereocenters. The minimum atomic E-state index is -0.409. The molecular formula is C17H22ClNO4. The van der Waals surface area contributed by atoms with Crippen molar-refractivity contribution in [3.05, 3.63) is 42.0 Å². The van der Waals surface area contributed by atoms with Crippen LogP contribution >= 0.6 is 12.4 Å². The predicted molar refractivity (Wildman–Crippen MR) is 92.1 cm³/mol. The van der Waals surface area contributed by atoms with Gasteiger partial charge in [-0.3, -0.25) is 0 Å². The zero-order valence-electron chi connectivity index (χ0n) is 13.0. The largest absolute Gasteiger partial charge is 0.482 e. The number of nitrogens with two attached hydrogens (primary N) is 1. The van der Waals surface area contributed by atoms with Crippen LogP contribution in [0.3, 0.4) is 0 Å². The number of benzene rings is 2. The molecule has 2 aromatic rings. The molecule has 2 rings (SSSR count). The molecule has 23 heavy (non-hydrogen) atoms. The molecule has 0 saturated heterocycles. The maximum Gasteiger partial charge on any atom is 0.344 e. The highest BCUT2D eigenvalue weighted by Crippen LogP contribution is 2.29. The molecule has 0 aliphatic heterocycles. The van der Waals surface area contributed by atoms with Gasteiger partial charge in [-0.25, -0.2) is 4.79 Å². The van der Waals surface area contributed by atoms with Crippen LogP contribution in [0.2, 0.25) is 0 Å². The second-order valence-electron chi connectivity index (χ2n) is 5.00. The van der Waals surface area contributed by atoms with Gasteiger partial charge >= 0.3 is 5.97 Å². The molecule has 0 aliphatic rings. The maximum atomic E-state index is 11.5. The Labute approximate surface area is 141 Å². The highest BCUT2D eigenvalue weighted by molar-refractivity contribution is 5.88. The Bertz CT molecular complexity index is 648. The lowest BCUT2D eigenvalue weighted by atomic mass is 9.98. The van der Waals surface area contributed by atoms with Crippen molar-refractivity contribution >= 4 is 29.1 Å². The first-order valence-electron chi connectivity index (χ1n) is 7.31. The van der Waals surface area contributed by atoms with Gasteiger partial charge in [0, 0.05) is 11.6 Å². The van der Waals surface area contributed by atoms with E-state index in [9.17, 15) is 9.90 Å². The fourth-order valence-corrected chi connectivity index (χ4v) is 2.33. The summed E-state index contributed by atoms with van der Waals surface area (Å²) in [7, 11) is 0. The first kappa shape index (κ1) is 19.2. The van der Waals surface area contributed by atoms with Gasteiger partial charge in [-0.15, -0.1) is 12.4 Å². The van der Waals surface area contributed by atoms with Crippen molar-refractivity contribution < 1.29 is 19.4 Å². The van der Waals surface area contributed by atoms with Crippen molar-refractivity contribution in [2.45, 2.75) is 19.4 Å². The number of halogens is 1. The van der Waals surface area contributed by atoms with Crippen molar-refractivity contribution in [1.29, 1.82) is 0 Å². The van der Waals surface area contributed by atoms with Gasteiger partial charge in [-0.05, 0) is 30.2 Å². The molecule has 5 nitrogen and oxygen atoms in total. The van der Waals surface area contributed by atoms with Crippen molar-refractivity contribution in [3.8, 4) is 5.75 Å². The Balaban J connectivity index is 0.00000264. The van der Waals surface area contributed by atoms with Crippen LogP contribution in [0.25, 0.3) is 10.8 Å². The summed E-state index contributed by atoms with van der Waals surface area (Å²) in [5.41, 5.74) is 6.76. The minimum absolute atomic E-state index is 0. The van der Waals surface area contributed by atoms with E-state index in [1.807, 2.05) is 36.4 Å². The normalized spacial score (nSPS) is 11.6. The second-order valence-corrected chi connectivity index (χ2v) is 5.00. The average Bonchev–Trinajstić information content (AvgIpc) is 2.54. The van der Waals surface area contributed by atoms with Gasteiger partial charge in [0.05, 0.1) is 13.2 Å². The molecule has 0 bridgehead atoms. The molecular weight excluding hydrogens is 318 g/mol. The van der Waals surface area contributed by atoms with E-state index in [0.29, 0.717) is 18.8 Å². The minimum Gasteiger partial charge on any atom is -0.482 e. The standard InChI is InChI=1S/C17H21NO4.ClH/c1-2-21-17(20)11-22-16-8-7-12-5-3-4-6-14(12)15(16)9-13(18)10-19;/h3-8,13,19H,2,9-11,18H2,1H3;1H. The fourth-order valence-electron chi connectivity index (χ4n) is 2.33. The number of ether oxygens (including phenoxy) is 2. The summed E-state index contributed by atoms with van der Waals surface area (Å²) in [6, 6.07) is 11.2. The highest BCUT2D eigenvalue weighted by Gasteiger charge is 2.14. The monoisotopic (exact) mass is 339 g/mol. The summed E-state index contributed by atoms with van der Waals surface area (Å²) >= 11 is 0. The smallest absolute Gasteiger partial charge is 0.344 e. The number of esters is 1. The topological polar surface area (TPSA) is 81.8 Å². The molecule has 0 aromatic heterocycles. The molecule has 0 spiro atoms. The molecule has 0 radical (unpaired) electrons. The third kappa shape index (κ3) is 5.10. The van der Waals surface area contributed by atoms with Gasteiger partial charge < -0.3 is 20.3 Å². The van der Waals surface area contributed by atoms with Crippen LogP contribution in [0.5, 0.6) is 5.75 Å². The Morgan fingerprint density at radius 2 is 2.00 bits per heavy atom. The third-order valence-electron chi connectivity index (χ3n) is 3.35. The average molecular weight is 340 g/mol. The van der Waals surface area contributed by atoms with Crippen LogP contribution in [0.15, 0.2) is 36.4 Å². The third-order valence-corrected chi connectivity index (χ3v) is 3.35. The van der Waals surface area contributed by atoms with Crippen LogP contribution in [-0.2, 0) is 16.0 Å². The number of aliphatic hydroxyl groups excluding tert-OH is 1. The van der Waals surface area contributed by atoms with Crippen LogP contribution in [-0.4, -0.2) is 36.9 Å². The van der Waals surface area contributed by atoms with Crippen LogP contribution in [0, 0.1) is 0 Å². The van der Waals surface area contributed by atoms with Crippen molar-refractivity contribution in [3.63, 3.8) is 0 Å². The Hall–Kier alpha value is -1.82. The van der Waals surface area contributed by atoms with E-state index in [4.69, 9.17) is 15.2 Å². The quantitative estimate of drug-likeness (QED) is 0.755. The van der Waals surface area contributed by atoms with E-state index in [1.54, 1.807) is 6.92 Å². The predicted octanol–water partition coefficient (Wildman–Crippen LogP) is 2.07. The van der Waals surface area contributed by atoms with E-state index in [2.05, 4.69) is 0 Å². The summed E-state index contributed by atoms with van der Waals surface area (Å²) in [5, 5.41) is 11.3. The van der Waals surface area contributed by atoms with E-state index >= 15 is 0 Å². The summed E-state index contributed by atoms with van der Waals surface area (Å²) in [6.45, 7) is 1.82. The molecule has 0 aliphatic carbocycles. The number of carbonyl (C=O) groups is 1. The zero-order valence-corrected chi connectivity index (χ0v) is 13.8. The Morgan fingerprint density at radius 1 is 1.26 bits per heavy atom. The first-order chi connectivity index (χ1) is 10.7. The van der Waals surface area contributed by atoms with E-state index in [-0.39, 0.29) is 31.7 Å². The molecule has 0 amide bonds. The molecule has 0 fully saturated rings. The first-order valence-corrected chi connectivity index (χ1v) is 7.31. The molecule has 3 N–H and O–H groups in total. The van der Waals surface area contributed by atoms with Crippen molar-refractivity contribution in [1.82, 2.24) is 0 Å². The van der Waals surface area contributed by atoms with Gasteiger partial charge in [0.1, 0.15) is 5.75 Å². The fraction of sp³-hybridized carbons (Fsp3) is 0.353. The Kier molecular flexibility index (Phi) is 7.81. The highest BCUT2D eigenvalue weighted by atomic mass is 35.5. The van der Waals surface area contributed by atoms with E-state index in [0.717, 1.165) is 16.3 Å². The SMILES string of the molecule is CCOC(=O)COc1ccc2ccccc2c1CC(N)CO.Cl. The van der Waals surface area contributed by atoms with E-state index in [1.165, 1.54) is 0 Å². The van der Waals surface area contributed by atoms with Crippen molar-refractivity contribution in [2.24, 2.45) is 5.73 Å². The second kappa shape index (κ2) is 9.35. The van der Waals surface area contributed by atoms with Gasteiger partial charge in [0.15, 0.2) is 6.61 Å². The van der Waals surface area contributed by atoms with Gasteiger partial charge in [0.25, 0.3) is 0 Å². The summed E-state index contributed by atoms with van der Waals surface area (Å²) < 4.78 is 10.5. The van der Waals surface area contributed by atoms with Crippen LogP contribution < -0.4 is 10.5 Å². The Morgan fingerprint density at radius 3 is 2.70 bits per heavy atom. The van der Waals surface area contributed by atoms with Gasteiger partial charge in [0.2, 0.25) is 0 Å². The van der Waals surface area contributed by atoms with Crippen molar-refractivity contribution in [2.75, 3.05) is 19.8 Å². The summed E-state index contributed by atoms with van der Waals surface area (Å²) in [5.74, 6) is 0.184. The number of aliphatic hydroxyl groups is 1. The molecule has 6 heteroatoms. The lowest BCUT2D eigenvalue weighted by Crippen LogP contribution is -2.27. The maximum absolute atomic E-state index is 11.5. The number of carbonyl (C=O) groups excluding carboxylic acids is 1. The lowest BCUT2D eigenvalue weighted by Gasteiger charge is -2.16. The lowest BCUT2D eigenvalue weighted by molar-refractivity contribution is -0.145. The molecule has 0 heterocycles. The van der Waals surface area contributed by atoms with Crippen LogP contribution in [0.4, 0.5) is 0 Å². The zero-order chi connectivity index (χ0) is 15.9. The molecule has 1 unspecified atom stereocenters. The molecule has 0 saturated carbocycles. The summed E-state index contributed by atoms with van der Waals surface area (Å²) in [6.07, 6.45) is 0.468. The number of fused-ring (bicyclic) bond motifs is 1. The summed E-state index contributed by atoms with van der Waals surface area (Å²) in [4.78, 5) is 11.5. The van der Waals surface area contributed by atoms with Gasteiger partial charge in [-0.1, -0.05) is 30.3 Å². The van der Waals surface area contributed by atoms with Crippen LogP contribution in [0.1, 0.15) is 12.5 Å². The molecule has 126 valence electrons.